The summed E-state index contributed by atoms with van der Waals surface area (Å²) in [5, 5.41) is 1.10. The Morgan fingerprint density at radius 1 is 1.12 bits per heavy atom. The van der Waals surface area contributed by atoms with Gasteiger partial charge in [-0.2, -0.15) is 0 Å². The second kappa shape index (κ2) is 6.60. The standard InChI is InChI=1S/C24H25NO/c1-3-15-24(4-2)16-14-21-22(23(24)26)19-12-8-9-13-20(19)25(21)17-18-10-6-5-7-11-18/h3,5-13H,1,4,14-17H2,2H3/t24-/m1/s1. The molecule has 1 aromatic heterocycles. The number of hydrogen-bond donors (Lipinski definition) is 0. The van der Waals surface area contributed by atoms with Gasteiger partial charge in [0.15, 0.2) is 5.78 Å². The number of benzene rings is 2. The molecule has 2 aromatic carbocycles. The van der Waals surface area contributed by atoms with Gasteiger partial charge < -0.3 is 4.57 Å². The molecule has 0 unspecified atom stereocenters. The molecule has 1 atom stereocenters. The van der Waals surface area contributed by atoms with Crippen molar-refractivity contribution in [1.29, 1.82) is 0 Å². The Hall–Kier alpha value is -2.61. The Kier molecular flexibility index (Phi) is 4.28. The molecule has 0 fully saturated rings. The number of nitrogens with zero attached hydrogens (tertiary/aromatic N) is 1. The second-order valence-corrected chi connectivity index (χ2v) is 7.37. The van der Waals surface area contributed by atoms with E-state index in [1.807, 2.05) is 18.2 Å². The molecular weight excluding hydrogens is 318 g/mol. The summed E-state index contributed by atoms with van der Waals surface area (Å²) in [6.07, 6.45) is 5.40. The smallest absolute Gasteiger partial charge is 0.171 e. The first-order chi connectivity index (χ1) is 12.7. The van der Waals surface area contributed by atoms with Gasteiger partial charge in [-0.15, -0.1) is 6.58 Å². The van der Waals surface area contributed by atoms with E-state index in [1.54, 1.807) is 0 Å². The highest BCUT2D eigenvalue weighted by Gasteiger charge is 2.42. The summed E-state index contributed by atoms with van der Waals surface area (Å²) in [6.45, 7) is 6.85. The summed E-state index contributed by atoms with van der Waals surface area (Å²) in [5.41, 5.74) is 4.30. The number of Topliss-reactive ketones (excluding diaryl/α,β-unsaturated/α-hetero) is 1. The maximum atomic E-state index is 13.6. The summed E-state index contributed by atoms with van der Waals surface area (Å²) in [4.78, 5) is 13.6. The molecule has 1 aliphatic rings. The molecule has 4 rings (SSSR count). The van der Waals surface area contributed by atoms with Crippen LogP contribution in [0.1, 0.15) is 47.8 Å². The van der Waals surface area contributed by atoms with Gasteiger partial charge in [-0.25, -0.2) is 0 Å². The number of allylic oxidation sites excluding steroid dienone is 1. The van der Waals surface area contributed by atoms with E-state index in [1.165, 1.54) is 16.8 Å². The molecule has 1 heterocycles. The van der Waals surface area contributed by atoms with Crippen molar-refractivity contribution in [3.63, 3.8) is 0 Å². The molecular formula is C24H25NO. The van der Waals surface area contributed by atoms with Crippen molar-refractivity contribution in [2.45, 2.75) is 39.2 Å². The molecule has 0 spiro atoms. The highest BCUT2D eigenvalue weighted by atomic mass is 16.1. The van der Waals surface area contributed by atoms with Crippen molar-refractivity contribution >= 4 is 16.7 Å². The predicted octanol–water partition coefficient (Wildman–Crippen LogP) is 5.79. The zero-order valence-corrected chi connectivity index (χ0v) is 15.4. The molecule has 0 N–H and O–H groups in total. The predicted molar refractivity (Wildman–Crippen MR) is 108 cm³/mol. The Balaban J connectivity index is 1.90. The lowest BCUT2D eigenvalue weighted by atomic mass is 9.68. The fourth-order valence-corrected chi connectivity index (χ4v) is 4.51. The molecule has 0 aliphatic heterocycles. The number of fused-ring (bicyclic) bond motifs is 3. The molecule has 0 saturated carbocycles. The van der Waals surface area contributed by atoms with Gasteiger partial charge in [-0.05, 0) is 37.3 Å². The number of aromatic nitrogens is 1. The van der Waals surface area contributed by atoms with Gasteiger partial charge >= 0.3 is 0 Å². The van der Waals surface area contributed by atoms with E-state index < -0.39 is 0 Å². The van der Waals surface area contributed by atoms with Crippen LogP contribution >= 0.6 is 0 Å². The number of carbonyl (C=O) groups excluding carboxylic acids is 1. The molecule has 0 saturated heterocycles. The van der Waals surface area contributed by atoms with E-state index in [4.69, 9.17) is 0 Å². The summed E-state index contributed by atoms with van der Waals surface area (Å²) in [5.74, 6) is 0.309. The van der Waals surface area contributed by atoms with Crippen LogP contribution in [0.4, 0.5) is 0 Å². The normalized spacial score (nSPS) is 19.5. The second-order valence-electron chi connectivity index (χ2n) is 7.37. The maximum Gasteiger partial charge on any atom is 0.171 e. The fraction of sp³-hybridized carbons (Fsp3) is 0.292. The molecule has 1 aliphatic carbocycles. The van der Waals surface area contributed by atoms with Gasteiger partial charge in [-0.3, -0.25) is 4.79 Å². The third-order valence-electron chi connectivity index (χ3n) is 6.02. The third-order valence-corrected chi connectivity index (χ3v) is 6.02. The number of ketones is 1. The Morgan fingerprint density at radius 3 is 2.58 bits per heavy atom. The molecule has 0 radical (unpaired) electrons. The number of rotatable bonds is 5. The SMILES string of the molecule is C=CC[C@]1(CC)CCc2c(c3ccccc3n2Cc2ccccc2)C1=O. The van der Waals surface area contributed by atoms with E-state index in [2.05, 4.69) is 60.5 Å². The van der Waals surface area contributed by atoms with Gasteiger partial charge in [0, 0.05) is 34.1 Å². The Morgan fingerprint density at radius 2 is 1.85 bits per heavy atom. The minimum Gasteiger partial charge on any atom is -0.339 e. The zero-order valence-electron chi connectivity index (χ0n) is 15.4. The van der Waals surface area contributed by atoms with Crippen molar-refractivity contribution in [2.75, 3.05) is 0 Å². The molecule has 2 heteroatoms. The summed E-state index contributed by atoms with van der Waals surface area (Å²) < 4.78 is 2.35. The van der Waals surface area contributed by atoms with Crippen molar-refractivity contribution < 1.29 is 4.79 Å². The topological polar surface area (TPSA) is 22.0 Å². The molecule has 0 bridgehead atoms. The number of carbonyl (C=O) groups is 1. The van der Waals surface area contributed by atoms with Gasteiger partial charge in [0.2, 0.25) is 0 Å². The van der Waals surface area contributed by atoms with Crippen LogP contribution in [0.15, 0.2) is 67.3 Å². The van der Waals surface area contributed by atoms with E-state index in [9.17, 15) is 4.79 Å². The van der Waals surface area contributed by atoms with Gasteiger partial charge in [0.25, 0.3) is 0 Å². The van der Waals surface area contributed by atoms with E-state index in [0.29, 0.717) is 5.78 Å². The number of hydrogen-bond acceptors (Lipinski definition) is 1. The van der Waals surface area contributed by atoms with Crippen molar-refractivity contribution in [2.24, 2.45) is 5.41 Å². The lowest BCUT2D eigenvalue weighted by molar-refractivity contribution is 0.0751. The Labute approximate surface area is 155 Å². The van der Waals surface area contributed by atoms with Crippen LogP contribution in [0.25, 0.3) is 10.9 Å². The number of para-hydroxylation sites is 1. The van der Waals surface area contributed by atoms with Crippen molar-refractivity contribution in [3.05, 3.63) is 84.1 Å². The average molecular weight is 343 g/mol. The highest BCUT2D eigenvalue weighted by Crippen LogP contribution is 2.44. The quantitative estimate of drug-likeness (QED) is 0.537. The minimum atomic E-state index is -0.281. The van der Waals surface area contributed by atoms with Gasteiger partial charge in [0.1, 0.15) is 0 Å². The lowest BCUT2D eigenvalue weighted by Crippen LogP contribution is -2.35. The van der Waals surface area contributed by atoms with Crippen LogP contribution in [0, 0.1) is 5.41 Å². The maximum absolute atomic E-state index is 13.6. The molecule has 3 aromatic rings. The fourth-order valence-electron chi connectivity index (χ4n) is 4.51. The van der Waals surface area contributed by atoms with Crippen LogP contribution in [0.2, 0.25) is 0 Å². The van der Waals surface area contributed by atoms with Crippen molar-refractivity contribution in [3.8, 4) is 0 Å². The van der Waals surface area contributed by atoms with Crippen molar-refractivity contribution in [1.82, 2.24) is 4.57 Å². The van der Waals surface area contributed by atoms with Crippen LogP contribution in [0.5, 0.6) is 0 Å². The summed E-state index contributed by atoms with van der Waals surface area (Å²) in [7, 11) is 0. The van der Waals surface area contributed by atoms with Gasteiger partial charge in [-0.1, -0.05) is 61.5 Å². The van der Waals surface area contributed by atoms with E-state index >= 15 is 0 Å². The molecule has 26 heavy (non-hydrogen) atoms. The molecule has 2 nitrogen and oxygen atoms in total. The molecule has 0 amide bonds. The van der Waals surface area contributed by atoms with E-state index in [-0.39, 0.29) is 5.41 Å². The minimum absolute atomic E-state index is 0.281. The first-order valence-corrected chi connectivity index (χ1v) is 9.50. The van der Waals surface area contributed by atoms with Gasteiger partial charge in [0.05, 0.1) is 0 Å². The first-order valence-electron chi connectivity index (χ1n) is 9.50. The van der Waals surface area contributed by atoms with Crippen LogP contribution in [-0.2, 0) is 13.0 Å². The highest BCUT2D eigenvalue weighted by molar-refractivity contribution is 6.13. The lowest BCUT2D eigenvalue weighted by Gasteiger charge is -2.34. The van der Waals surface area contributed by atoms with Crippen LogP contribution < -0.4 is 0 Å². The van der Waals surface area contributed by atoms with Crippen LogP contribution in [-0.4, -0.2) is 10.4 Å². The third kappa shape index (κ3) is 2.52. The monoisotopic (exact) mass is 343 g/mol. The Bertz CT molecular complexity index is 967. The van der Waals surface area contributed by atoms with E-state index in [0.717, 1.165) is 43.2 Å². The average Bonchev–Trinajstić information content (AvgIpc) is 2.99. The summed E-state index contributed by atoms with van der Waals surface area (Å²) in [6, 6.07) is 18.9. The van der Waals surface area contributed by atoms with Crippen LogP contribution in [0.3, 0.4) is 0 Å². The first kappa shape index (κ1) is 16.8. The molecule has 132 valence electrons. The summed E-state index contributed by atoms with van der Waals surface area (Å²) >= 11 is 0. The zero-order chi connectivity index (χ0) is 18.1. The largest absolute Gasteiger partial charge is 0.339 e.